The van der Waals surface area contributed by atoms with Crippen LogP contribution >= 0.6 is 15.9 Å². The molecule has 0 atom stereocenters. The van der Waals surface area contributed by atoms with Crippen molar-refractivity contribution >= 4 is 21.9 Å². The predicted octanol–water partition coefficient (Wildman–Crippen LogP) is 2.84. The Morgan fingerprint density at radius 1 is 1.62 bits per heavy atom. The van der Waals surface area contributed by atoms with Gasteiger partial charge in [0.2, 0.25) is 0 Å². The molecule has 0 aliphatic rings. The maximum absolute atomic E-state index is 13.5. The molecule has 1 heterocycles. The molecule has 0 aliphatic heterocycles. The van der Waals surface area contributed by atoms with Gasteiger partial charge in [-0.05, 0) is 0 Å². The summed E-state index contributed by atoms with van der Waals surface area (Å²) >= 11 is 2.92. The average Bonchev–Trinajstić information content (AvgIpc) is 2.26. The summed E-state index contributed by atoms with van der Waals surface area (Å²) in [6, 6.07) is 0. The zero-order valence-corrected chi connectivity index (χ0v) is 9.72. The lowest BCUT2D eigenvalue weighted by atomic mass is 10.1. The summed E-state index contributed by atoms with van der Waals surface area (Å²) < 4.78 is 42.5. The number of rotatable bonds is 3. The minimum Gasteiger partial charge on any atom is -0.465 e. The molecule has 1 aromatic rings. The number of pyridine rings is 1. The maximum Gasteiger partial charge on any atom is 0.339 e. The summed E-state index contributed by atoms with van der Waals surface area (Å²) in [5, 5.41) is -0.0779. The first-order chi connectivity index (χ1) is 7.52. The van der Waals surface area contributed by atoms with Gasteiger partial charge in [0, 0.05) is 17.1 Å². The van der Waals surface area contributed by atoms with Crippen molar-refractivity contribution in [1.82, 2.24) is 4.98 Å². The van der Waals surface area contributed by atoms with Gasteiger partial charge >= 0.3 is 5.97 Å². The number of aromatic nitrogens is 1. The second kappa shape index (κ2) is 5.29. The molecule has 0 N–H and O–H groups in total. The molecule has 88 valence electrons. The van der Waals surface area contributed by atoms with E-state index < -0.39 is 23.9 Å². The van der Waals surface area contributed by atoms with Crippen molar-refractivity contribution in [2.75, 3.05) is 7.11 Å². The van der Waals surface area contributed by atoms with Crippen LogP contribution in [0.25, 0.3) is 0 Å². The van der Waals surface area contributed by atoms with E-state index in [0.29, 0.717) is 0 Å². The molecule has 1 rings (SSSR count). The highest BCUT2D eigenvalue weighted by atomic mass is 79.9. The predicted molar refractivity (Wildman–Crippen MR) is 53.1 cm³/mol. The monoisotopic (exact) mass is 297 g/mol. The van der Waals surface area contributed by atoms with Gasteiger partial charge in [0.1, 0.15) is 5.69 Å². The minimum atomic E-state index is -3.02. The van der Waals surface area contributed by atoms with Crippen LogP contribution in [0.5, 0.6) is 0 Å². The Balaban J connectivity index is 3.35. The van der Waals surface area contributed by atoms with Gasteiger partial charge in [-0.2, -0.15) is 0 Å². The van der Waals surface area contributed by atoms with E-state index >= 15 is 0 Å². The molecule has 7 heteroatoms. The lowest BCUT2D eigenvalue weighted by molar-refractivity contribution is 0.0597. The van der Waals surface area contributed by atoms with E-state index in [0.717, 1.165) is 13.3 Å². The van der Waals surface area contributed by atoms with Crippen LogP contribution in [0, 0.1) is 5.82 Å². The lowest BCUT2D eigenvalue weighted by Crippen LogP contribution is -2.10. The van der Waals surface area contributed by atoms with E-state index in [9.17, 15) is 18.0 Å². The Labute approximate surface area is 97.8 Å². The van der Waals surface area contributed by atoms with E-state index in [4.69, 9.17) is 0 Å². The van der Waals surface area contributed by atoms with Crippen LogP contribution in [0.3, 0.4) is 0 Å². The number of carbonyl (C=O) groups excluding carboxylic acids is 1. The fourth-order valence-corrected chi connectivity index (χ4v) is 1.66. The highest BCUT2D eigenvalue weighted by molar-refractivity contribution is 9.08. The SMILES string of the molecule is COC(=O)c1cnc(C(F)F)c(F)c1CBr. The zero-order valence-electron chi connectivity index (χ0n) is 8.14. The van der Waals surface area contributed by atoms with E-state index in [-0.39, 0.29) is 16.5 Å². The molecular formula is C9H7BrF3NO2. The van der Waals surface area contributed by atoms with E-state index in [1.165, 1.54) is 0 Å². The standard InChI is InChI=1S/C9H7BrF3NO2/c1-16-9(15)5-3-14-7(8(12)13)6(11)4(5)2-10/h3,8H,2H2,1H3. The summed E-state index contributed by atoms with van der Waals surface area (Å²) in [4.78, 5) is 14.4. The van der Waals surface area contributed by atoms with Crippen molar-refractivity contribution in [3.8, 4) is 0 Å². The fraction of sp³-hybridized carbons (Fsp3) is 0.333. The summed E-state index contributed by atoms with van der Waals surface area (Å²) in [6.07, 6.45) is -2.14. The van der Waals surface area contributed by atoms with Gasteiger partial charge in [0.05, 0.1) is 12.7 Å². The van der Waals surface area contributed by atoms with Crippen molar-refractivity contribution in [2.45, 2.75) is 11.8 Å². The third-order valence-electron chi connectivity index (χ3n) is 1.89. The molecule has 0 bridgehead atoms. The number of nitrogens with zero attached hydrogens (tertiary/aromatic N) is 1. The zero-order chi connectivity index (χ0) is 12.3. The van der Waals surface area contributed by atoms with Gasteiger partial charge in [-0.3, -0.25) is 4.98 Å². The first-order valence-electron chi connectivity index (χ1n) is 4.12. The van der Waals surface area contributed by atoms with E-state index in [1.54, 1.807) is 0 Å². The van der Waals surface area contributed by atoms with Crippen LogP contribution in [0.2, 0.25) is 0 Å². The molecule has 0 unspecified atom stereocenters. The number of hydrogen-bond acceptors (Lipinski definition) is 3. The van der Waals surface area contributed by atoms with Gasteiger partial charge < -0.3 is 4.74 Å². The highest BCUT2D eigenvalue weighted by Crippen LogP contribution is 2.25. The van der Waals surface area contributed by atoms with Crippen LogP contribution in [0.15, 0.2) is 6.20 Å². The Hall–Kier alpha value is -1.11. The van der Waals surface area contributed by atoms with E-state index in [1.807, 2.05) is 0 Å². The number of hydrogen-bond donors (Lipinski definition) is 0. The third kappa shape index (κ3) is 2.34. The molecule has 0 radical (unpaired) electrons. The second-order valence-electron chi connectivity index (χ2n) is 2.78. The van der Waals surface area contributed by atoms with Crippen molar-refractivity contribution in [3.05, 3.63) is 28.8 Å². The normalized spacial score (nSPS) is 10.6. The summed E-state index contributed by atoms with van der Waals surface area (Å²) in [5.41, 5.74) is -1.32. The molecule has 3 nitrogen and oxygen atoms in total. The first kappa shape index (κ1) is 13.0. The molecule has 1 aromatic heterocycles. The molecule has 0 saturated heterocycles. The molecule has 0 aromatic carbocycles. The van der Waals surface area contributed by atoms with Gasteiger partial charge in [-0.25, -0.2) is 18.0 Å². The van der Waals surface area contributed by atoms with Crippen LogP contribution < -0.4 is 0 Å². The number of carbonyl (C=O) groups is 1. The number of esters is 1. The third-order valence-corrected chi connectivity index (χ3v) is 2.45. The van der Waals surface area contributed by atoms with Crippen LogP contribution in [-0.2, 0) is 10.1 Å². The summed E-state index contributed by atoms with van der Waals surface area (Å²) in [7, 11) is 1.11. The quantitative estimate of drug-likeness (QED) is 0.636. The number of alkyl halides is 3. The van der Waals surface area contributed by atoms with Gasteiger partial charge in [-0.1, -0.05) is 15.9 Å². The Bertz CT molecular complexity index is 412. The smallest absolute Gasteiger partial charge is 0.339 e. The molecule has 0 amide bonds. The van der Waals surface area contributed by atoms with E-state index in [2.05, 4.69) is 25.7 Å². The minimum absolute atomic E-state index is 0.0779. The fourth-order valence-electron chi connectivity index (χ4n) is 1.11. The van der Waals surface area contributed by atoms with Crippen molar-refractivity contribution < 1.29 is 22.7 Å². The molecule has 0 spiro atoms. The molecule has 0 saturated carbocycles. The van der Waals surface area contributed by atoms with Gasteiger partial charge in [0.15, 0.2) is 5.82 Å². The largest absolute Gasteiger partial charge is 0.465 e. The van der Waals surface area contributed by atoms with Crippen molar-refractivity contribution in [1.29, 1.82) is 0 Å². The molecule has 0 fully saturated rings. The average molecular weight is 298 g/mol. The molecular weight excluding hydrogens is 291 g/mol. The number of halogens is 4. The van der Waals surface area contributed by atoms with Gasteiger partial charge in [0.25, 0.3) is 6.43 Å². The summed E-state index contributed by atoms with van der Waals surface area (Å²) in [5.74, 6) is -2.00. The van der Waals surface area contributed by atoms with Crippen molar-refractivity contribution in [3.63, 3.8) is 0 Å². The van der Waals surface area contributed by atoms with Crippen LogP contribution in [-0.4, -0.2) is 18.1 Å². The Morgan fingerprint density at radius 3 is 2.69 bits per heavy atom. The Kier molecular flexibility index (Phi) is 4.28. The lowest BCUT2D eigenvalue weighted by Gasteiger charge is -2.09. The molecule has 16 heavy (non-hydrogen) atoms. The highest BCUT2D eigenvalue weighted by Gasteiger charge is 2.23. The maximum atomic E-state index is 13.5. The number of ether oxygens (including phenoxy) is 1. The Morgan fingerprint density at radius 2 is 2.25 bits per heavy atom. The summed E-state index contributed by atoms with van der Waals surface area (Å²) in [6.45, 7) is 0. The van der Waals surface area contributed by atoms with Crippen molar-refractivity contribution in [2.24, 2.45) is 0 Å². The second-order valence-corrected chi connectivity index (χ2v) is 3.34. The van der Waals surface area contributed by atoms with Crippen LogP contribution in [0.1, 0.15) is 28.0 Å². The van der Waals surface area contributed by atoms with Crippen LogP contribution in [0.4, 0.5) is 13.2 Å². The molecule has 0 aliphatic carbocycles. The topological polar surface area (TPSA) is 39.2 Å². The number of methoxy groups -OCH3 is 1. The van der Waals surface area contributed by atoms with Gasteiger partial charge in [-0.15, -0.1) is 0 Å². The first-order valence-corrected chi connectivity index (χ1v) is 5.24.